The van der Waals surface area contributed by atoms with Crippen molar-refractivity contribution in [2.75, 3.05) is 31.6 Å². The number of likely N-dealkylation sites (tertiary alicyclic amines) is 2. The minimum atomic E-state index is -0.566. The van der Waals surface area contributed by atoms with Crippen molar-refractivity contribution in [1.82, 2.24) is 24.8 Å². The topological polar surface area (TPSA) is 85.4 Å². The summed E-state index contributed by atoms with van der Waals surface area (Å²) in [6.07, 6.45) is 4.92. The first kappa shape index (κ1) is 21.4. The second kappa shape index (κ2) is 8.84. The van der Waals surface area contributed by atoms with E-state index in [1.165, 1.54) is 0 Å². The van der Waals surface area contributed by atoms with Crippen molar-refractivity contribution >= 4 is 28.7 Å². The summed E-state index contributed by atoms with van der Waals surface area (Å²) in [4.78, 5) is 44.3. The number of fused-ring (bicyclic) bond motifs is 1. The Morgan fingerprint density at radius 2 is 1.97 bits per heavy atom. The standard InChI is InChI=1S/C25H30N6O2/c1-17-9-12-31(15-21(17)29(2)23-19-8-11-26-22(19)27-16-28-23)25(33)20-10-13-30(24(20)32)14-18-6-4-3-5-7-18/h3-8,11,16-17,20-21H,9-10,12-15H2,1-2H3,(H,26,27,28)/t17-,20+,21+/m1/s1. The smallest absolute Gasteiger partial charge is 0.235 e. The van der Waals surface area contributed by atoms with Crippen molar-refractivity contribution in [3.05, 3.63) is 54.5 Å². The monoisotopic (exact) mass is 446 g/mol. The number of piperidine rings is 1. The fourth-order valence-corrected chi connectivity index (χ4v) is 5.20. The number of H-pyrrole nitrogens is 1. The maximum absolute atomic E-state index is 13.4. The van der Waals surface area contributed by atoms with Gasteiger partial charge < -0.3 is 19.7 Å². The lowest BCUT2D eigenvalue weighted by atomic mass is 9.91. The molecule has 8 heteroatoms. The van der Waals surface area contributed by atoms with E-state index in [2.05, 4.69) is 26.8 Å². The lowest BCUT2D eigenvalue weighted by Crippen LogP contribution is -2.54. The van der Waals surface area contributed by atoms with Crippen LogP contribution in [0.5, 0.6) is 0 Å². The average molecular weight is 447 g/mol. The molecule has 0 spiro atoms. The minimum absolute atomic E-state index is 0.0321. The third kappa shape index (κ3) is 4.05. The maximum atomic E-state index is 13.4. The second-order valence-electron chi connectivity index (χ2n) is 9.25. The highest BCUT2D eigenvalue weighted by Crippen LogP contribution is 2.30. The zero-order valence-electron chi connectivity index (χ0n) is 19.1. The van der Waals surface area contributed by atoms with E-state index in [4.69, 9.17) is 0 Å². The molecule has 2 aromatic heterocycles. The highest BCUT2D eigenvalue weighted by atomic mass is 16.2. The van der Waals surface area contributed by atoms with Crippen molar-refractivity contribution < 1.29 is 9.59 Å². The minimum Gasteiger partial charge on any atom is -0.354 e. The number of carbonyl (C=O) groups is 2. The van der Waals surface area contributed by atoms with Gasteiger partial charge in [0.15, 0.2) is 0 Å². The predicted molar refractivity (Wildman–Crippen MR) is 126 cm³/mol. The van der Waals surface area contributed by atoms with E-state index in [1.807, 2.05) is 59.4 Å². The van der Waals surface area contributed by atoms with Crippen molar-refractivity contribution in [2.45, 2.75) is 32.4 Å². The van der Waals surface area contributed by atoms with Crippen LogP contribution in [0.3, 0.4) is 0 Å². The molecule has 3 aromatic rings. The van der Waals surface area contributed by atoms with E-state index in [1.54, 1.807) is 6.33 Å². The first-order valence-electron chi connectivity index (χ1n) is 11.7. The van der Waals surface area contributed by atoms with Gasteiger partial charge in [-0.05, 0) is 30.4 Å². The second-order valence-corrected chi connectivity index (χ2v) is 9.25. The maximum Gasteiger partial charge on any atom is 0.235 e. The molecule has 172 valence electrons. The number of benzene rings is 1. The Morgan fingerprint density at radius 1 is 1.15 bits per heavy atom. The molecule has 4 heterocycles. The predicted octanol–water partition coefficient (Wildman–Crippen LogP) is 2.68. The van der Waals surface area contributed by atoms with Crippen LogP contribution in [0.2, 0.25) is 0 Å². The molecule has 0 saturated carbocycles. The quantitative estimate of drug-likeness (QED) is 0.609. The lowest BCUT2D eigenvalue weighted by molar-refractivity contribution is -0.144. The van der Waals surface area contributed by atoms with E-state index in [9.17, 15) is 9.59 Å². The Morgan fingerprint density at radius 3 is 2.79 bits per heavy atom. The van der Waals surface area contributed by atoms with E-state index < -0.39 is 5.92 Å². The van der Waals surface area contributed by atoms with Crippen LogP contribution in [0.1, 0.15) is 25.3 Å². The molecule has 2 amide bonds. The van der Waals surface area contributed by atoms with Gasteiger partial charge in [-0.3, -0.25) is 9.59 Å². The molecule has 2 aliphatic heterocycles. The van der Waals surface area contributed by atoms with E-state index in [0.29, 0.717) is 38.5 Å². The van der Waals surface area contributed by atoms with Crippen LogP contribution in [-0.2, 0) is 16.1 Å². The van der Waals surface area contributed by atoms with Gasteiger partial charge in [-0.2, -0.15) is 0 Å². The third-order valence-electron chi connectivity index (χ3n) is 7.21. The number of hydrogen-bond acceptors (Lipinski definition) is 5. The fraction of sp³-hybridized carbons (Fsp3) is 0.440. The summed E-state index contributed by atoms with van der Waals surface area (Å²) < 4.78 is 0. The van der Waals surface area contributed by atoms with Gasteiger partial charge in [0.25, 0.3) is 0 Å². The summed E-state index contributed by atoms with van der Waals surface area (Å²) in [6.45, 7) is 4.70. The number of aromatic amines is 1. The number of likely N-dealkylation sites (N-methyl/N-ethyl adjacent to an activating group) is 1. The number of anilines is 1. The van der Waals surface area contributed by atoms with E-state index in [-0.39, 0.29) is 17.9 Å². The SMILES string of the molecule is C[C@@H]1CCN(C(=O)[C@H]2CCN(Cc3ccccc3)C2=O)C[C@@H]1N(C)c1ncnc2[nH]ccc12. The van der Waals surface area contributed by atoms with Crippen LogP contribution in [0.25, 0.3) is 11.0 Å². The van der Waals surface area contributed by atoms with Gasteiger partial charge in [-0.15, -0.1) is 0 Å². The van der Waals surface area contributed by atoms with Crippen LogP contribution in [0.4, 0.5) is 5.82 Å². The first-order valence-corrected chi connectivity index (χ1v) is 11.7. The van der Waals surface area contributed by atoms with Crippen molar-refractivity contribution in [2.24, 2.45) is 11.8 Å². The van der Waals surface area contributed by atoms with Gasteiger partial charge in [-0.25, -0.2) is 9.97 Å². The molecule has 8 nitrogen and oxygen atoms in total. The normalized spacial score (nSPS) is 23.3. The van der Waals surface area contributed by atoms with Crippen LogP contribution in [0.15, 0.2) is 48.9 Å². The van der Waals surface area contributed by atoms with Crippen LogP contribution >= 0.6 is 0 Å². The summed E-state index contributed by atoms with van der Waals surface area (Å²) in [7, 11) is 2.03. The Bertz CT molecular complexity index is 1150. The molecular formula is C25H30N6O2. The largest absolute Gasteiger partial charge is 0.354 e. The highest BCUT2D eigenvalue weighted by Gasteiger charge is 2.41. The summed E-state index contributed by atoms with van der Waals surface area (Å²) in [6, 6.07) is 12.1. The zero-order valence-corrected chi connectivity index (χ0v) is 19.1. The molecule has 2 saturated heterocycles. The van der Waals surface area contributed by atoms with Gasteiger partial charge in [0.05, 0.1) is 11.4 Å². The van der Waals surface area contributed by atoms with Crippen LogP contribution in [0, 0.1) is 11.8 Å². The molecule has 33 heavy (non-hydrogen) atoms. The first-order chi connectivity index (χ1) is 16.0. The number of amides is 2. The van der Waals surface area contributed by atoms with E-state index >= 15 is 0 Å². The molecule has 5 rings (SSSR count). The average Bonchev–Trinajstić information content (AvgIpc) is 3.46. The third-order valence-corrected chi connectivity index (χ3v) is 7.21. The van der Waals surface area contributed by atoms with Gasteiger partial charge >= 0.3 is 0 Å². The van der Waals surface area contributed by atoms with Gasteiger partial charge in [0.1, 0.15) is 23.7 Å². The molecule has 2 fully saturated rings. The summed E-state index contributed by atoms with van der Waals surface area (Å²) in [5.41, 5.74) is 1.90. The summed E-state index contributed by atoms with van der Waals surface area (Å²) in [5, 5.41) is 0.971. The van der Waals surface area contributed by atoms with E-state index in [0.717, 1.165) is 28.8 Å². The molecule has 0 aliphatic carbocycles. The molecule has 1 N–H and O–H groups in total. The van der Waals surface area contributed by atoms with Gasteiger partial charge in [-0.1, -0.05) is 37.3 Å². The molecule has 0 unspecified atom stereocenters. The Hall–Kier alpha value is -3.42. The number of carbonyl (C=O) groups excluding carboxylic acids is 2. The van der Waals surface area contributed by atoms with Crippen molar-refractivity contribution in [1.29, 1.82) is 0 Å². The lowest BCUT2D eigenvalue weighted by Gasteiger charge is -2.42. The summed E-state index contributed by atoms with van der Waals surface area (Å²) >= 11 is 0. The van der Waals surface area contributed by atoms with Gasteiger partial charge in [0, 0.05) is 39.4 Å². The number of hydrogen-bond donors (Lipinski definition) is 1. The molecule has 1 aromatic carbocycles. The highest BCUT2D eigenvalue weighted by molar-refractivity contribution is 6.01. The van der Waals surface area contributed by atoms with Gasteiger partial charge in [0.2, 0.25) is 11.8 Å². The molecular weight excluding hydrogens is 416 g/mol. The molecule has 2 aliphatic rings. The number of rotatable bonds is 5. The zero-order chi connectivity index (χ0) is 22.9. The molecule has 0 bridgehead atoms. The number of aromatic nitrogens is 3. The number of nitrogens with one attached hydrogen (secondary N) is 1. The fourth-order valence-electron chi connectivity index (χ4n) is 5.20. The Labute approximate surface area is 193 Å². The van der Waals surface area contributed by atoms with Crippen molar-refractivity contribution in [3.8, 4) is 0 Å². The molecule has 0 radical (unpaired) electrons. The van der Waals surface area contributed by atoms with Crippen LogP contribution < -0.4 is 4.90 Å². The summed E-state index contributed by atoms with van der Waals surface area (Å²) in [5.74, 6) is 0.617. The Kier molecular flexibility index (Phi) is 5.74. The van der Waals surface area contributed by atoms with Crippen molar-refractivity contribution in [3.63, 3.8) is 0 Å². The Balaban J connectivity index is 1.28. The number of nitrogens with zero attached hydrogens (tertiary/aromatic N) is 5. The van der Waals surface area contributed by atoms with Crippen LogP contribution in [-0.4, -0.2) is 69.3 Å². The molecule has 3 atom stereocenters.